The summed E-state index contributed by atoms with van der Waals surface area (Å²) in [6.07, 6.45) is 6.15. The quantitative estimate of drug-likeness (QED) is 0.713. The van der Waals surface area contributed by atoms with Crippen LogP contribution in [-0.2, 0) is 5.41 Å². The van der Waals surface area contributed by atoms with Gasteiger partial charge in [0, 0.05) is 23.0 Å². The van der Waals surface area contributed by atoms with Crippen LogP contribution in [0.3, 0.4) is 0 Å². The van der Waals surface area contributed by atoms with E-state index >= 15 is 0 Å². The molecular formula is C19H16ClN7O. The van der Waals surface area contributed by atoms with Gasteiger partial charge in [-0.3, -0.25) is 4.79 Å². The van der Waals surface area contributed by atoms with Crippen LogP contribution >= 0.6 is 11.6 Å². The lowest BCUT2D eigenvalue weighted by Gasteiger charge is -2.15. The minimum atomic E-state index is -0.517. The molecule has 28 heavy (non-hydrogen) atoms. The minimum Gasteiger partial charge on any atom is -0.342 e. The van der Waals surface area contributed by atoms with Gasteiger partial charge in [0.1, 0.15) is 6.33 Å². The zero-order chi connectivity index (χ0) is 19.7. The van der Waals surface area contributed by atoms with Crippen molar-refractivity contribution in [2.24, 2.45) is 0 Å². The van der Waals surface area contributed by atoms with Gasteiger partial charge in [-0.2, -0.15) is 15.0 Å². The number of nitrogens with one attached hydrogen (secondary N) is 1. The number of halogens is 1. The lowest BCUT2D eigenvalue weighted by molar-refractivity contribution is 0.0937. The molecular weight excluding hydrogens is 378 g/mol. The summed E-state index contributed by atoms with van der Waals surface area (Å²) in [5.74, 6) is 0.553. The monoisotopic (exact) mass is 393 g/mol. The second-order valence-electron chi connectivity index (χ2n) is 6.70. The highest BCUT2D eigenvalue weighted by atomic mass is 35.5. The molecule has 1 saturated carbocycles. The zero-order valence-electron chi connectivity index (χ0n) is 15.0. The van der Waals surface area contributed by atoms with E-state index in [9.17, 15) is 10.1 Å². The smallest absolute Gasteiger partial charge is 0.252 e. The van der Waals surface area contributed by atoms with Crippen molar-refractivity contribution in [3.63, 3.8) is 0 Å². The second-order valence-corrected chi connectivity index (χ2v) is 7.13. The third-order valence-electron chi connectivity index (χ3n) is 4.73. The Morgan fingerprint density at radius 3 is 2.71 bits per heavy atom. The number of aromatic nitrogens is 5. The molecule has 0 radical (unpaired) electrons. The van der Waals surface area contributed by atoms with Crippen LogP contribution in [0.4, 0.5) is 0 Å². The molecule has 0 unspecified atom stereocenters. The van der Waals surface area contributed by atoms with Crippen molar-refractivity contribution in [2.45, 2.75) is 31.2 Å². The highest BCUT2D eigenvalue weighted by Crippen LogP contribution is 2.48. The SMILES string of the molecule is C[C@@H](NC(=O)c1cc(Cl)cc(C2(C#N)CC2)c1)c1ncnn1-c1ncccn1. The normalized spacial score (nSPS) is 15.5. The molecule has 2 aromatic heterocycles. The summed E-state index contributed by atoms with van der Waals surface area (Å²) in [5.41, 5.74) is 0.662. The van der Waals surface area contributed by atoms with Gasteiger partial charge in [-0.25, -0.2) is 15.0 Å². The molecule has 9 heteroatoms. The Balaban J connectivity index is 1.57. The fourth-order valence-corrected chi connectivity index (χ4v) is 3.27. The van der Waals surface area contributed by atoms with Crippen molar-refractivity contribution in [2.75, 3.05) is 0 Å². The highest BCUT2D eigenvalue weighted by molar-refractivity contribution is 6.31. The molecule has 0 bridgehead atoms. The maximum Gasteiger partial charge on any atom is 0.252 e. The molecule has 0 aliphatic heterocycles. The van der Waals surface area contributed by atoms with Crippen molar-refractivity contribution in [3.05, 3.63) is 65.0 Å². The fraction of sp³-hybridized carbons (Fsp3) is 0.263. The summed E-state index contributed by atoms with van der Waals surface area (Å²) < 4.78 is 1.48. The molecule has 1 amide bonds. The molecule has 3 aromatic rings. The summed E-state index contributed by atoms with van der Waals surface area (Å²) in [6, 6.07) is 8.65. The zero-order valence-corrected chi connectivity index (χ0v) is 15.8. The van der Waals surface area contributed by atoms with Crippen LogP contribution in [0.1, 0.15) is 47.6 Å². The van der Waals surface area contributed by atoms with Crippen molar-refractivity contribution in [3.8, 4) is 12.0 Å². The van der Waals surface area contributed by atoms with E-state index in [-0.39, 0.29) is 5.91 Å². The molecule has 0 spiro atoms. The number of amides is 1. The number of carbonyl (C=O) groups is 1. The molecule has 1 aromatic carbocycles. The second kappa shape index (κ2) is 7.02. The first kappa shape index (κ1) is 18.1. The first-order valence-electron chi connectivity index (χ1n) is 8.73. The lowest BCUT2D eigenvalue weighted by atomic mass is 9.95. The predicted octanol–water partition coefficient (Wildman–Crippen LogP) is 2.76. The van der Waals surface area contributed by atoms with E-state index in [0.717, 1.165) is 18.4 Å². The van der Waals surface area contributed by atoms with E-state index < -0.39 is 11.5 Å². The van der Waals surface area contributed by atoms with Gasteiger partial charge in [-0.1, -0.05) is 11.6 Å². The molecule has 1 fully saturated rings. The molecule has 1 aliphatic carbocycles. The Kier molecular flexibility index (Phi) is 4.53. The largest absolute Gasteiger partial charge is 0.342 e. The average Bonchev–Trinajstić information content (AvgIpc) is 3.36. The predicted molar refractivity (Wildman–Crippen MR) is 101 cm³/mol. The molecule has 140 valence electrons. The topological polar surface area (TPSA) is 109 Å². The van der Waals surface area contributed by atoms with Gasteiger partial charge >= 0.3 is 0 Å². The third-order valence-corrected chi connectivity index (χ3v) is 4.95. The van der Waals surface area contributed by atoms with Gasteiger partial charge < -0.3 is 5.32 Å². The fourth-order valence-electron chi connectivity index (χ4n) is 3.03. The Morgan fingerprint density at radius 1 is 1.29 bits per heavy atom. The third kappa shape index (κ3) is 3.32. The van der Waals surface area contributed by atoms with Crippen LogP contribution in [-0.4, -0.2) is 30.6 Å². The molecule has 1 N–H and O–H groups in total. The van der Waals surface area contributed by atoms with Crippen molar-refractivity contribution >= 4 is 17.5 Å². The van der Waals surface area contributed by atoms with E-state index in [1.165, 1.54) is 11.0 Å². The summed E-state index contributed by atoms with van der Waals surface area (Å²) in [4.78, 5) is 25.3. The van der Waals surface area contributed by atoms with E-state index in [1.54, 1.807) is 43.6 Å². The maximum atomic E-state index is 12.8. The number of hydrogen-bond acceptors (Lipinski definition) is 6. The summed E-state index contributed by atoms with van der Waals surface area (Å²) in [7, 11) is 0. The van der Waals surface area contributed by atoms with Gasteiger partial charge in [0.15, 0.2) is 5.82 Å². The summed E-state index contributed by atoms with van der Waals surface area (Å²) in [5, 5.41) is 16.9. The first-order valence-corrected chi connectivity index (χ1v) is 9.11. The van der Waals surface area contributed by atoms with Crippen LogP contribution in [0, 0.1) is 11.3 Å². The molecule has 4 rings (SSSR count). The van der Waals surface area contributed by atoms with Crippen LogP contribution in [0.5, 0.6) is 0 Å². The van der Waals surface area contributed by atoms with E-state index in [1.807, 2.05) is 0 Å². The van der Waals surface area contributed by atoms with Crippen molar-refractivity contribution in [1.82, 2.24) is 30.0 Å². The van der Waals surface area contributed by atoms with Gasteiger partial charge in [0.2, 0.25) is 0 Å². The Hall–Kier alpha value is -3.31. The number of carbonyl (C=O) groups excluding carboxylic acids is 1. The van der Waals surface area contributed by atoms with Gasteiger partial charge in [-0.05, 0) is 49.6 Å². The molecule has 1 atom stereocenters. The number of rotatable bonds is 5. The lowest BCUT2D eigenvalue weighted by Crippen LogP contribution is -2.29. The van der Waals surface area contributed by atoms with Crippen LogP contribution < -0.4 is 5.32 Å². The summed E-state index contributed by atoms with van der Waals surface area (Å²) in [6.45, 7) is 1.80. The van der Waals surface area contributed by atoms with Crippen LogP contribution in [0.2, 0.25) is 5.02 Å². The van der Waals surface area contributed by atoms with Crippen molar-refractivity contribution in [1.29, 1.82) is 5.26 Å². The minimum absolute atomic E-state index is 0.312. The van der Waals surface area contributed by atoms with Crippen molar-refractivity contribution < 1.29 is 4.79 Å². The van der Waals surface area contributed by atoms with Crippen LogP contribution in [0.15, 0.2) is 43.0 Å². The highest BCUT2D eigenvalue weighted by Gasteiger charge is 2.45. The number of nitrogens with zero attached hydrogens (tertiary/aromatic N) is 6. The maximum absolute atomic E-state index is 12.8. The van der Waals surface area contributed by atoms with Gasteiger partial charge in [-0.15, -0.1) is 0 Å². The van der Waals surface area contributed by atoms with E-state index in [0.29, 0.717) is 22.4 Å². The van der Waals surface area contributed by atoms with E-state index in [4.69, 9.17) is 11.6 Å². The molecule has 0 saturated heterocycles. The van der Waals surface area contributed by atoms with Gasteiger partial charge in [0.05, 0.1) is 17.5 Å². The number of nitriles is 1. The standard InChI is InChI=1S/C19H16ClN7O/c1-12(16-24-11-25-27(16)18-22-5-2-6-23-18)26-17(28)13-7-14(9-15(20)8-13)19(10-21)3-4-19/h2,5-9,11-12H,3-4H2,1H3,(H,26,28)/t12-/m1/s1. The average molecular weight is 394 g/mol. The summed E-state index contributed by atoms with van der Waals surface area (Å²) >= 11 is 6.19. The number of benzene rings is 1. The van der Waals surface area contributed by atoms with E-state index in [2.05, 4.69) is 31.4 Å². The Morgan fingerprint density at radius 2 is 2.04 bits per heavy atom. The van der Waals surface area contributed by atoms with Crippen LogP contribution in [0.25, 0.3) is 5.95 Å². The van der Waals surface area contributed by atoms with Gasteiger partial charge in [0.25, 0.3) is 11.9 Å². The Bertz CT molecular complexity index is 1070. The first-order chi connectivity index (χ1) is 13.5. The molecule has 8 nitrogen and oxygen atoms in total. The number of hydrogen-bond donors (Lipinski definition) is 1. The Labute approximate surface area is 166 Å². The molecule has 1 aliphatic rings. The molecule has 2 heterocycles.